The average molecular weight is 457 g/mol. The normalized spacial score (nSPS) is 16.8. The van der Waals surface area contributed by atoms with Crippen molar-refractivity contribution in [3.05, 3.63) is 28.8 Å². The minimum Gasteiger partial charge on any atom is -0.454 e. The third-order valence-electron chi connectivity index (χ3n) is 4.30. The lowest BCUT2D eigenvalue weighted by Crippen LogP contribution is -2.42. The molecule has 0 radical (unpaired) electrons. The van der Waals surface area contributed by atoms with E-state index in [1.807, 2.05) is 11.6 Å². The number of rotatable bonds is 8. The summed E-state index contributed by atoms with van der Waals surface area (Å²) in [6.07, 6.45) is -2.82. The van der Waals surface area contributed by atoms with Gasteiger partial charge in [-0.1, -0.05) is 11.6 Å². The van der Waals surface area contributed by atoms with Gasteiger partial charge in [0.25, 0.3) is 5.91 Å². The molecule has 0 aromatic heterocycles. The number of halogens is 4. The maximum Gasteiger partial charge on any atom is 0.417 e. The SMILES string of the molecule is C[C@H](NC(=O)COC(=O)[C@@H](C)NS(=O)(=O)c1ccc(Cl)c(C(F)(F)F)c1)C1CC1. The zero-order chi connectivity index (χ0) is 22.0. The van der Waals surface area contributed by atoms with Crippen LogP contribution in [0.5, 0.6) is 0 Å². The lowest BCUT2D eigenvalue weighted by Gasteiger charge is -2.16. The highest BCUT2D eigenvalue weighted by atomic mass is 35.5. The van der Waals surface area contributed by atoms with E-state index in [2.05, 4.69) is 5.32 Å². The molecule has 0 saturated heterocycles. The summed E-state index contributed by atoms with van der Waals surface area (Å²) in [6, 6.07) is 0.566. The van der Waals surface area contributed by atoms with Crippen LogP contribution >= 0.6 is 11.6 Å². The highest BCUT2D eigenvalue weighted by molar-refractivity contribution is 7.89. The number of sulfonamides is 1. The maximum atomic E-state index is 12.9. The zero-order valence-electron chi connectivity index (χ0n) is 15.5. The summed E-state index contributed by atoms with van der Waals surface area (Å²) in [6.45, 7) is 2.38. The molecule has 162 valence electrons. The Balaban J connectivity index is 1.96. The van der Waals surface area contributed by atoms with Crippen LogP contribution in [0.2, 0.25) is 5.02 Å². The number of nitrogens with one attached hydrogen (secondary N) is 2. The molecule has 0 spiro atoms. The molecule has 1 saturated carbocycles. The molecule has 2 rings (SSSR count). The third-order valence-corrected chi connectivity index (χ3v) is 6.17. The summed E-state index contributed by atoms with van der Waals surface area (Å²) >= 11 is 5.47. The van der Waals surface area contributed by atoms with E-state index >= 15 is 0 Å². The minimum atomic E-state index is -4.85. The molecule has 0 unspecified atom stereocenters. The Hall–Kier alpha value is -1.85. The van der Waals surface area contributed by atoms with Crippen molar-refractivity contribution in [2.45, 2.75) is 49.8 Å². The highest BCUT2D eigenvalue weighted by Crippen LogP contribution is 2.36. The molecule has 0 bridgehead atoms. The van der Waals surface area contributed by atoms with Crippen LogP contribution in [0.3, 0.4) is 0 Å². The van der Waals surface area contributed by atoms with Crippen LogP contribution in [0.15, 0.2) is 23.1 Å². The number of carbonyl (C=O) groups is 2. The van der Waals surface area contributed by atoms with Crippen molar-refractivity contribution in [3.8, 4) is 0 Å². The largest absolute Gasteiger partial charge is 0.454 e. The number of hydrogen-bond acceptors (Lipinski definition) is 5. The summed E-state index contributed by atoms with van der Waals surface area (Å²) in [5, 5.41) is 2.00. The van der Waals surface area contributed by atoms with Crippen molar-refractivity contribution >= 4 is 33.5 Å². The second-order valence-electron chi connectivity index (χ2n) is 6.78. The van der Waals surface area contributed by atoms with Gasteiger partial charge in [0.05, 0.1) is 15.5 Å². The molecule has 2 N–H and O–H groups in total. The van der Waals surface area contributed by atoms with E-state index in [9.17, 15) is 31.2 Å². The molecule has 0 aliphatic heterocycles. The summed E-state index contributed by atoms with van der Waals surface area (Å²) in [7, 11) is -4.47. The van der Waals surface area contributed by atoms with Crippen molar-refractivity contribution < 1.29 is 35.9 Å². The molecular weight excluding hydrogens is 437 g/mol. The smallest absolute Gasteiger partial charge is 0.417 e. The number of alkyl halides is 3. The topological polar surface area (TPSA) is 102 Å². The van der Waals surface area contributed by atoms with Gasteiger partial charge in [0.1, 0.15) is 6.04 Å². The molecule has 12 heteroatoms. The van der Waals surface area contributed by atoms with E-state index in [1.165, 1.54) is 0 Å². The van der Waals surface area contributed by atoms with Gasteiger partial charge in [-0.25, -0.2) is 8.42 Å². The first kappa shape index (κ1) is 23.4. The first-order valence-electron chi connectivity index (χ1n) is 8.66. The van der Waals surface area contributed by atoms with Gasteiger partial charge < -0.3 is 10.1 Å². The van der Waals surface area contributed by atoms with Gasteiger partial charge in [0, 0.05) is 6.04 Å². The summed E-state index contributed by atoms with van der Waals surface area (Å²) in [5.41, 5.74) is -1.32. The molecule has 1 aliphatic rings. The van der Waals surface area contributed by atoms with E-state index in [-0.39, 0.29) is 6.04 Å². The molecule has 0 heterocycles. The summed E-state index contributed by atoms with van der Waals surface area (Å²) in [4.78, 5) is 23.0. The first-order chi connectivity index (χ1) is 13.3. The molecule has 29 heavy (non-hydrogen) atoms. The molecule has 1 aromatic carbocycles. The summed E-state index contributed by atoms with van der Waals surface area (Å²) < 4.78 is 70.0. The Morgan fingerprint density at radius 1 is 1.28 bits per heavy atom. The van der Waals surface area contributed by atoms with E-state index in [4.69, 9.17) is 16.3 Å². The van der Waals surface area contributed by atoms with Crippen molar-refractivity contribution in [1.82, 2.24) is 10.0 Å². The zero-order valence-corrected chi connectivity index (χ0v) is 17.1. The Morgan fingerprint density at radius 3 is 2.45 bits per heavy atom. The molecule has 1 fully saturated rings. The van der Waals surface area contributed by atoms with Crippen molar-refractivity contribution in [2.24, 2.45) is 5.92 Å². The number of ether oxygens (including phenoxy) is 1. The fourth-order valence-corrected chi connectivity index (χ4v) is 3.95. The van der Waals surface area contributed by atoms with Crippen molar-refractivity contribution in [1.29, 1.82) is 0 Å². The van der Waals surface area contributed by atoms with Crippen LogP contribution < -0.4 is 10.0 Å². The lowest BCUT2D eigenvalue weighted by atomic mass is 10.2. The van der Waals surface area contributed by atoms with Gasteiger partial charge >= 0.3 is 12.1 Å². The number of benzene rings is 1. The predicted octanol–water partition coefficient (Wildman–Crippen LogP) is 2.48. The number of esters is 1. The third kappa shape index (κ3) is 6.58. The fraction of sp³-hybridized carbons (Fsp3) is 0.529. The molecule has 1 aliphatic carbocycles. The van der Waals surface area contributed by atoms with Gasteiger partial charge in [-0.15, -0.1) is 0 Å². The number of carbonyl (C=O) groups excluding carboxylic acids is 2. The van der Waals surface area contributed by atoms with Crippen LogP contribution in [-0.4, -0.2) is 39.0 Å². The summed E-state index contributed by atoms with van der Waals surface area (Å²) in [5.74, 6) is -1.17. The first-order valence-corrected chi connectivity index (χ1v) is 10.5. The van der Waals surface area contributed by atoms with Crippen LogP contribution in [-0.2, 0) is 30.5 Å². The van der Waals surface area contributed by atoms with E-state index < -0.39 is 56.2 Å². The molecule has 2 atom stereocenters. The Bertz CT molecular complexity index is 888. The number of hydrogen-bond donors (Lipinski definition) is 2. The highest BCUT2D eigenvalue weighted by Gasteiger charge is 2.35. The average Bonchev–Trinajstić information content (AvgIpc) is 3.43. The van der Waals surface area contributed by atoms with Gasteiger partial charge in [-0.05, 0) is 50.8 Å². The fourth-order valence-electron chi connectivity index (χ4n) is 2.51. The Kier molecular flexibility index (Phi) is 7.18. The minimum absolute atomic E-state index is 0.0511. The van der Waals surface area contributed by atoms with Crippen LogP contribution in [0, 0.1) is 5.92 Å². The molecular formula is C17H20ClF3N2O5S. The van der Waals surface area contributed by atoms with Gasteiger partial charge in [-0.3, -0.25) is 9.59 Å². The quantitative estimate of drug-likeness (QED) is 0.585. The molecule has 1 aromatic rings. The standard InChI is InChI=1S/C17H20ClF3N2O5S/c1-9(11-3-4-11)22-15(24)8-28-16(25)10(2)23-29(26,27)12-5-6-14(18)13(7-12)17(19,20)21/h5-7,9-11,23H,3-4,8H2,1-2H3,(H,22,24)/t9-,10+/m0/s1. The van der Waals surface area contributed by atoms with Crippen molar-refractivity contribution in [2.75, 3.05) is 6.61 Å². The predicted molar refractivity (Wildman–Crippen MR) is 97.5 cm³/mol. The second-order valence-corrected chi connectivity index (χ2v) is 8.90. The Labute approximate surface area is 171 Å². The van der Waals surface area contributed by atoms with E-state index in [0.29, 0.717) is 12.0 Å². The van der Waals surface area contributed by atoms with E-state index in [0.717, 1.165) is 31.9 Å². The molecule has 1 amide bonds. The van der Waals surface area contributed by atoms with E-state index in [1.54, 1.807) is 0 Å². The van der Waals surface area contributed by atoms with Gasteiger partial charge in [0.15, 0.2) is 6.61 Å². The monoisotopic (exact) mass is 456 g/mol. The van der Waals surface area contributed by atoms with Crippen LogP contribution in [0.25, 0.3) is 0 Å². The van der Waals surface area contributed by atoms with Crippen molar-refractivity contribution in [3.63, 3.8) is 0 Å². The maximum absolute atomic E-state index is 12.9. The van der Waals surface area contributed by atoms with Crippen LogP contribution in [0.1, 0.15) is 32.3 Å². The lowest BCUT2D eigenvalue weighted by molar-refractivity contribution is -0.150. The number of amides is 1. The Morgan fingerprint density at radius 2 is 1.90 bits per heavy atom. The second kappa shape index (κ2) is 8.88. The van der Waals surface area contributed by atoms with Gasteiger partial charge in [-0.2, -0.15) is 17.9 Å². The molecule has 7 nitrogen and oxygen atoms in total. The van der Waals surface area contributed by atoms with Gasteiger partial charge in [0.2, 0.25) is 10.0 Å². The van der Waals surface area contributed by atoms with Crippen LogP contribution in [0.4, 0.5) is 13.2 Å².